The van der Waals surface area contributed by atoms with E-state index >= 15 is 0 Å². The van der Waals surface area contributed by atoms with Gasteiger partial charge in [-0.2, -0.15) is 0 Å². The monoisotopic (exact) mass is 373 g/mol. The number of benzene rings is 1. The fourth-order valence-electron chi connectivity index (χ4n) is 3.63. The molecule has 0 bridgehead atoms. The molecule has 1 aromatic heterocycles. The molecular weight excluding hydrogens is 354 g/mol. The molecule has 0 unspecified atom stereocenters. The Morgan fingerprint density at radius 3 is 2.81 bits per heavy atom. The molecule has 3 heterocycles. The largest absolute Gasteiger partial charge is 0.486 e. The average molecular weight is 374 g/mol. The Morgan fingerprint density at radius 1 is 1.31 bits per heavy atom. The van der Waals surface area contributed by atoms with Crippen LogP contribution in [0.3, 0.4) is 0 Å². The van der Waals surface area contributed by atoms with Gasteiger partial charge in [0.2, 0.25) is 0 Å². The van der Waals surface area contributed by atoms with Crippen molar-refractivity contribution < 1.29 is 14.6 Å². The van der Waals surface area contributed by atoms with E-state index in [1.54, 1.807) is 31.3 Å². The number of anilines is 1. The first kappa shape index (κ1) is 17.2. The minimum atomic E-state index is -0.700. The number of hydrogen-bond acceptors (Lipinski definition) is 6. The maximum absolute atomic E-state index is 12.6. The highest BCUT2D eigenvalue weighted by molar-refractivity contribution is 6.31. The van der Waals surface area contributed by atoms with Crippen molar-refractivity contribution in [3.05, 3.63) is 46.9 Å². The molecule has 0 saturated carbocycles. The Hall–Kier alpha value is -2.18. The Morgan fingerprint density at radius 2 is 2.08 bits per heavy atom. The number of ketones is 1. The van der Waals surface area contributed by atoms with E-state index in [9.17, 15) is 9.90 Å². The smallest absolute Gasteiger partial charge is 0.170 e. The van der Waals surface area contributed by atoms with E-state index in [1.807, 2.05) is 6.07 Å². The van der Waals surface area contributed by atoms with Gasteiger partial charge in [0.25, 0.3) is 0 Å². The van der Waals surface area contributed by atoms with Crippen LogP contribution in [-0.2, 0) is 0 Å². The number of Topliss-reactive ketones (excluding diaryl/α,β-unsaturated/α-hetero) is 1. The number of piperidine rings is 1. The molecule has 1 atom stereocenters. The molecule has 1 saturated heterocycles. The van der Waals surface area contributed by atoms with Crippen molar-refractivity contribution in [1.29, 1.82) is 0 Å². The second-order valence-electron chi connectivity index (χ2n) is 6.96. The van der Waals surface area contributed by atoms with E-state index in [-0.39, 0.29) is 5.78 Å². The van der Waals surface area contributed by atoms with Gasteiger partial charge in [0.05, 0.1) is 12.0 Å². The number of aromatic nitrogens is 2. The molecule has 0 radical (unpaired) electrons. The lowest BCUT2D eigenvalue weighted by Crippen LogP contribution is -2.51. The average Bonchev–Trinajstić information content (AvgIpc) is 2.63. The number of fused-ring (bicyclic) bond motifs is 1. The van der Waals surface area contributed by atoms with Crippen molar-refractivity contribution >= 4 is 23.2 Å². The van der Waals surface area contributed by atoms with Gasteiger partial charge < -0.3 is 14.7 Å². The van der Waals surface area contributed by atoms with Gasteiger partial charge in [0, 0.05) is 37.2 Å². The van der Waals surface area contributed by atoms with Gasteiger partial charge in [-0.05, 0) is 31.2 Å². The molecule has 6 nitrogen and oxygen atoms in total. The van der Waals surface area contributed by atoms with Crippen LogP contribution in [0.1, 0.15) is 48.5 Å². The molecule has 26 heavy (non-hydrogen) atoms. The summed E-state index contributed by atoms with van der Waals surface area (Å²) < 4.78 is 6.25. The first-order valence-corrected chi connectivity index (χ1v) is 9.11. The van der Waals surface area contributed by atoms with Crippen LogP contribution in [0.25, 0.3) is 0 Å². The van der Waals surface area contributed by atoms with Crippen LogP contribution < -0.4 is 9.64 Å². The summed E-state index contributed by atoms with van der Waals surface area (Å²) in [6.07, 6.45) is 2.80. The number of hydrogen-bond donors (Lipinski definition) is 1. The molecule has 2 aromatic rings. The molecule has 0 amide bonds. The van der Waals surface area contributed by atoms with E-state index in [4.69, 9.17) is 16.3 Å². The van der Waals surface area contributed by atoms with E-state index in [0.717, 1.165) is 31.7 Å². The van der Waals surface area contributed by atoms with Gasteiger partial charge in [0.1, 0.15) is 23.3 Å². The lowest BCUT2D eigenvalue weighted by molar-refractivity contribution is 0.0231. The second kappa shape index (κ2) is 6.52. The molecule has 7 heteroatoms. The fourth-order valence-corrected chi connectivity index (χ4v) is 3.80. The molecule has 4 rings (SSSR count). The van der Waals surface area contributed by atoms with Crippen LogP contribution in [0.15, 0.2) is 30.5 Å². The van der Waals surface area contributed by atoms with Crippen molar-refractivity contribution in [2.75, 3.05) is 18.0 Å². The predicted octanol–water partition coefficient (Wildman–Crippen LogP) is 3.19. The molecule has 0 aliphatic carbocycles. The molecule has 1 aromatic carbocycles. The number of rotatable bonds is 2. The molecule has 1 fully saturated rings. The van der Waals surface area contributed by atoms with Crippen molar-refractivity contribution in [2.24, 2.45) is 0 Å². The summed E-state index contributed by atoms with van der Waals surface area (Å²) in [6.45, 7) is 3.11. The number of carbonyl (C=O) groups excluding carboxylic acids is 1. The lowest BCUT2D eigenvalue weighted by Gasteiger charge is -2.44. The van der Waals surface area contributed by atoms with E-state index < -0.39 is 11.7 Å². The summed E-state index contributed by atoms with van der Waals surface area (Å²) in [6, 6.07) is 7.05. The first-order chi connectivity index (χ1) is 12.5. The highest BCUT2D eigenvalue weighted by Crippen LogP contribution is 2.40. The fraction of sp³-hybridized carbons (Fsp3) is 0.421. The number of aliphatic hydroxyl groups excluding tert-OH is 1. The van der Waals surface area contributed by atoms with E-state index in [0.29, 0.717) is 28.6 Å². The van der Waals surface area contributed by atoms with Crippen LogP contribution in [0.2, 0.25) is 5.02 Å². The second-order valence-corrected chi connectivity index (χ2v) is 7.40. The summed E-state index contributed by atoms with van der Waals surface area (Å²) in [4.78, 5) is 23.2. The molecule has 1 N–H and O–H groups in total. The highest BCUT2D eigenvalue weighted by Gasteiger charge is 2.43. The van der Waals surface area contributed by atoms with E-state index in [1.165, 1.54) is 0 Å². The van der Waals surface area contributed by atoms with Gasteiger partial charge in [-0.25, -0.2) is 9.97 Å². The van der Waals surface area contributed by atoms with Crippen LogP contribution in [0.5, 0.6) is 5.75 Å². The summed E-state index contributed by atoms with van der Waals surface area (Å²) >= 11 is 6.00. The normalized spacial score (nSPS) is 19.8. The van der Waals surface area contributed by atoms with Crippen molar-refractivity contribution in [3.63, 3.8) is 0 Å². The Kier molecular flexibility index (Phi) is 4.32. The van der Waals surface area contributed by atoms with Gasteiger partial charge in [0.15, 0.2) is 11.6 Å². The number of carbonyl (C=O) groups is 1. The SMILES string of the molecule is C[C@@H](O)c1nccc(N2CCC3(CC2)CC(=O)c2cc(Cl)ccc2O3)n1. The molecule has 1 spiro atoms. The first-order valence-electron chi connectivity index (χ1n) is 8.73. The van der Waals surface area contributed by atoms with Crippen molar-refractivity contribution in [3.8, 4) is 5.75 Å². The third kappa shape index (κ3) is 3.15. The predicted molar refractivity (Wildman–Crippen MR) is 97.9 cm³/mol. The third-order valence-electron chi connectivity index (χ3n) is 5.08. The van der Waals surface area contributed by atoms with E-state index in [2.05, 4.69) is 14.9 Å². The standard InChI is InChI=1S/C19H20ClN3O3/c1-12(24)18-21-7-4-17(22-18)23-8-5-19(6-9-23)11-15(25)14-10-13(20)2-3-16(14)26-19/h2-4,7,10,12,24H,5-6,8-9,11H2,1H3/t12-/m1/s1. The van der Waals surface area contributed by atoms with Crippen molar-refractivity contribution in [2.45, 2.75) is 37.9 Å². The Bertz CT molecular complexity index is 848. The van der Waals surface area contributed by atoms with Gasteiger partial charge in [-0.1, -0.05) is 11.6 Å². The number of halogens is 1. The maximum Gasteiger partial charge on any atom is 0.170 e. The van der Waals surface area contributed by atoms with Crippen LogP contribution in [-0.4, -0.2) is 39.5 Å². The van der Waals surface area contributed by atoms with Crippen LogP contribution in [0, 0.1) is 0 Å². The summed E-state index contributed by atoms with van der Waals surface area (Å²) in [5.41, 5.74) is 0.108. The maximum atomic E-state index is 12.6. The quantitative estimate of drug-likeness (QED) is 0.871. The van der Waals surface area contributed by atoms with Crippen LogP contribution >= 0.6 is 11.6 Å². The van der Waals surface area contributed by atoms with Crippen molar-refractivity contribution in [1.82, 2.24) is 9.97 Å². The zero-order chi connectivity index (χ0) is 18.3. The minimum Gasteiger partial charge on any atom is -0.486 e. The Balaban J connectivity index is 1.51. The zero-order valence-corrected chi connectivity index (χ0v) is 15.2. The van der Waals surface area contributed by atoms with Gasteiger partial charge >= 0.3 is 0 Å². The number of aliphatic hydroxyl groups is 1. The molecule has 136 valence electrons. The highest BCUT2D eigenvalue weighted by atomic mass is 35.5. The molecular formula is C19H20ClN3O3. The number of ether oxygens (including phenoxy) is 1. The summed E-state index contributed by atoms with van der Waals surface area (Å²) in [7, 11) is 0. The molecule has 2 aliphatic heterocycles. The minimum absolute atomic E-state index is 0.0839. The van der Waals surface area contributed by atoms with Gasteiger partial charge in [-0.3, -0.25) is 4.79 Å². The lowest BCUT2D eigenvalue weighted by atomic mass is 9.82. The molecule has 2 aliphatic rings. The zero-order valence-electron chi connectivity index (χ0n) is 14.5. The van der Waals surface area contributed by atoms with Gasteiger partial charge in [-0.15, -0.1) is 0 Å². The summed E-state index contributed by atoms with van der Waals surface area (Å²) in [5.74, 6) is 1.91. The summed E-state index contributed by atoms with van der Waals surface area (Å²) in [5, 5.41) is 10.2. The number of nitrogens with zero attached hydrogens (tertiary/aromatic N) is 3. The third-order valence-corrected chi connectivity index (χ3v) is 5.32. The topological polar surface area (TPSA) is 75.6 Å². The Labute approximate surface area is 156 Å². The van der Waals surface area contributed by atoms with Crippen LogP contribution in [0.4, 0.5) is 5.82 Å².